The number of hydrogen-bond donors (Lipinski definition) is 0. The molecule has 5 nitrogen and oxygen atoms in total. The number of nitrogens with zero attached hydrogens (tertiary/aromatic N) is 2. The lowest BCUT2D eigenvalue weighted by molar-refractivity contribution is -0.871. The van der Waals surface area contributed by atoms with Gasteiger partial charge >= 0.3 is 0 Å². The lowest BCUT2D eigenvalue weighted by atomic mass is 10.1. The number of hydroxylamine groups is 2. The van der Waals surface area contributed by atoms with Gasteiger partial charge in [-0.05, 0) is 12.1 Å². The van der Waals surface area contributed by atoms with Crippen LogP contribution in [0.4, 0.5) is 0 Å². The van der Waals surface area contributed by atoms with Crippen molar-refractivity contribution in [2.24, 2.45) is 0 Å². The Morgan fingerprint density at radius 2 is 1.53 bits per heavy atom. The number of rotatable bonds is 4. The molecule has 2 amide bonds. The van der Waals surface area contributed by atoms with E-state index in [1.54, 1.807) is 24.3 Å². The highest BCUT2D eigenvalue weighted by atomic mass is 79.9. The largest absolute Gasteiger partial charge is 1.00 e. The maximum atomic E-state index is 11.9. The predicted octanol–water partition coefficient (Wildman–Crippen LogP) is -2.08. The van der Waals surface area contributed by atoms with E-state index >= 15 is 0 Å². The Morgan fingerprint density at radius 3 is 1.95 bits per heavy atom. The summed E-state index contributed by atoms with van der Waals surface area (Å²) in [4.78, 5) is 29.2. The lowest BCUT2D eigenvalue weighted by Crippen LogP contribution is -3.00. The third-order valence-corrected chi connectivity index (χ3v) is 2.74. The van der Waals surface area contributed by atoms with Crippen molar-refractivity contribution in [2.45, 2.75) is 0 Å². The predicted molar refractivity (Wildman–Crippen MR) is 65.8 cm³/mol. The van der Waals surface area contributed by atoms with Crippen molar-refractivity contribution < 1.29 is 35.9 Å². The zero-order valence-electron chi connectivity index (χ0n) is 11.2. The van der Waals surface area contributed by atoms with Crippen molar-refractivity contribution in [3.05, 3.63) is 35.4 Å². The molecule has 0 aromatic heterocycles. The number of imide groups is 1. The van der Waals surface area contributed by atoms with Crippen LogP contribution in [0, 0.1) is 0 Å². The third-order valence-electron chi connectivity index (χ3n) is 2.74. The molecule has 2 rings (SSSR count). The van der Waals surface area contributed by atoms with Gasteiger partial charge in [0.2, 0.25) is 0 Å². The zero-order chi connectivity index (χ0) is 13.3. The lowest BCUT2D eigenvalue weighted by Gasteiger charge is -2.24. The first-order valence-electron chi connectivity index (χ1n) is 5.81. The molecule has 104 valence electrons. The van der Waals surface area contributed by atoms with Crippen LogP contribution in [0.15, 0.2) is 24.3 Å². The van der Waals surface area contributed by atoms with Gasteiger partial charge in [0, 0.05) is 0 Å². The maximum Gasteiger partial charge on any atom is 0.285 e. The van der Waals surface area contributed by atoms with E-state index in [4.69, 9.17) is 4.84 Å². The van der Waals surface area contributed by atoms with E-state index in [9.17, 15) is 9.59 Å². The highest BCUT2D eigenvalue weighted by molar-refractivity contribution is 6.20. The molecule has 1 aliphatic heterocycles. The smallest absolute Gasteiger partial charge is 0.285 e. The topological polar surface area (TPSA) is 46.6 Å². The van der Waals surface area contributed by atoms with Gasteiger partial charge in [0.1, 0.15) is 13.2 Å². The molecular formula is C13H17BrN2O3. The highest BCUT2D eigenvalue weighted by Crippen LogP contribution is 2.22. The summed E-state index contributed by atoms with van der Waals surface area (Å²) >= 11 is 0. The number of carbonyl (C=O) groups excluding carboxylic acids is 2. The van der Waals surface area contributed by atoms with Gasteiger partial charge in [0.15, 0.2) is 0 Å². The van der Waals surface area contributed by atoms with Crippen LogP contribution in [0.5, 0.6) is 0 Å². The second-order valence-corrected chi connectivity index (χ2v) is 5.30. The Balaban J connectivity index is 0.00000180. The van der Waals surface area contributed by atoms with Gasteiger partial charge in [-0.3, -0.25) is 14.4 Å². The van der Waals surface area contributed by atoms with Crippen LogP contribution in [0.3, 0.4) is 0 Å². The Kier molecular flexibility index (Phi) is 4.84. The average Bonchev–Trinajstić information content (AvgIpc) is 2.53. The number of carbonyl (C=O) groups is 2. The zero-order valence-corrected chi connectivity index (χ0v) is 12.8. The van der Waals surface area contributed by atoms with Gasteiger partial charge < -0.3 is 21.5 Å². The molecular weight excluding hydrogens is 312 g/mol. The van der Waals surface area contributed by atoms with E-state index in [0.717, 1.165) is 5.06 Å². The molecule has 0 N–H and O–H groups in total. The fourth-order valence-corrected chi connectivity index (χ4v) is 1.69. The van der Waals surface area contributed by atoms with E-state index in [0.29, 0.717) is 28.8 Å². The van der Waals surface area contributed by atoms with Crippen molar-refractivity contribution in [2.75, 3.05) is 34.3 Å². The first kappa shape index (κ1) is 15.8. The molecule has 0 saturated carbocycles. The molecule has 1 heterocycles. The molecule has 1 aliphatic rings. The van der Waals surface area contributed by atoms with E-state index in [2.05, 4.69) is 0 Å². The van der Waals surface area contributed by atoms with Gasteiger partial charge in [0.05, 0.1) is 32.3 Å². The van der Waals surface area contributed by atoms with E-state index in [1.165, 1.54) is 0 Å². The summed E-state index contributed by atoms with van der Waals surface area (Å²) in [5.74, 6) is -0.756. The number of benzene rings is 1. The quantitative estimate of drug-likeness (QED) is 0.471. The fraction of sp³-hybridized carbons (Fsp3) is 0.385. The Labute approximate surface area is 123 Å². The molecule has 0 saturated heterocycles. The fourth-order valence-electron chi connectivity index (χ4n) is 1.69. The van der Waals surface area contributed by atoms with E-state index < -0.39 is 0 Å². The number of likely N-dealkylation sites (N-methyl/N-ethyl adjacent to an activating group) is 1. The molecule has 0 bridgehead atoms. The monoisotopic (exact) mass is 328 g/mol. The van der Waals surface area contributed by atoms with E-state index in [1.807, 2.05) is 21.1 Å². The summed E-state index contributed by atoms with van der Waals surface area (Å²) < 4.78 is 0.711. The SMILES string of the molecule is C[N+](C)(C)CCON1C(=O)c2ccccc2C1=O.[Br-]. The molecule has 0 atom stereocenters. The first-order chi connectivity index (χ1) is 8.40. The Morgan fingerprint density at radius 1 is 1.05 bits per heavy atom. The second kappa shape index (κ2) is 5.81. The minimum absolute atomic E-state index is 0. The van der Waals surface area contributed by atoms with Crippen molar-refractivity contribution in [3.63, 3.8) is 0 Å². The van der Waals surface area contributed by atoms with Gasteiger partial charge in [-0.1, -0.05) is 12.1 Å². The van der Waals surface area contributed by atoms with Gasteiger partial charge in [-0.15, -0.1) is 5.06 Å². The number of halogens is 1. The summed E-state index contributed by atoms with van der Waals surface area (Å²) in [6.45, 7) is 1.04. The third kappa shape index (κ3) is 3.40. The van der Waals surface area contributed by atoms with Crippen LogP contribution in [-0.4, -0.2) is 55.7 Å². The number of amides is 2. The summed E-state index contributed by atoms with van der Waals surface area (Å²) in [6, 6.07) is 6.75. The summed E-state index contributed by atoms with van der Waals surface area (Å²) in [6.07, 6.45) is 0. The van der Waals surface area contributed by atoms with Crippen molar-refractivity contribution in [3.8, 4) is 0 Å². The molecule has 0 spiro atoms. The number of quaternary nitrogens is 1. The summed E-state index contributed by atoms with van der Waals surface area (Å²) in [5, 5.41) is 0.861. The van der Waals surface area contributed by atoms with Crippen LogP contribution >= 0.6 is 0 Å². The normalized spacial score (nSPS) is 14.4. The molecule has 1 aromatic carbocycles. The maximum absolute atomic E-state index is 11.9. The van der Waals surface area contributed by atoms with Gasteiger partial charge in [0.25, 0.3) is 11.8 Å². The molecule has 0 fully saturated rings. The van der Waals surface area contributed by atoms with Crippen LogP contribution in [-0.2, 0) is 4.84 Å². The molecule has 1 aromatic rings. The second-order valence-electron chi connectivity index (χ2n) is 5.30. The van der Waals surface area contributed by atoms with Crippen molar-refractivity contribution in [1.82, 2.24) is 5.06 Å². The van der Waals surface area contributed by atoms with Crippen molar-refractivity contribution >= 4 is 11.8 Å². The summed E-state index contributed by atoms with van der Waals surface area (Å²) in [7, 11) is 6.06. The molecule has 0 unspecified atom stereocenters. The van der Waals surface area contributed by atoms with Crippen molar-refractivity contribution in [1.29, 1.82) is 0 Å². The standard InChI is InChI=1S/C13H17N2O3.BrH/c1-15(2,3)8-9-18-14-12(16)10-6-4-5-7-11(10)13(14)17;/h4-7H,8-9H2,1-3H3;1H/q+1;/p-1. The molecule has 0 aliphatic carbocycles. The number of fused-ring (bicyclic) bond motifs is 1. The first-order valence-corrected chi connectivity index (χ1v) is 5.81. The van der Waals surface area contributed by atoms with Crippen LogP contribution in [0.1, 0.15) is 20.7 Å². The average molecular weight is 329 g/mol. The Bertz CT molecular complexity index is 462. The van der Waals surface area contributed by atoms with Crippen LogP contribution < -0.4 is 17.0 Å². The summed E-state index contributed by atoms with van der Waals surface area (Å²) in [5.41, 5.74) is 0.820. The van der Waals surface area contributed by atoms with Gasteiger partial charge in [-0.2, -0.15) is 0 Å². The van der Waals surface area contributed by atoms with Crippen LogP contribution in [0.25, 0.3) is 0 Å². The molecule has 19 heavy (non-hydrogen) atoms. The Hall–Kier alpha value is -1.24. The van der Waals surface area contributed by atoms with Crippen LogP contribution in [0.2, 0.25) is 0 Å². The molecule has 6 heteroatoms. The molecule has 0 radical (unpaired) electrons. The van der Waals surface area contributed by atoms with E-state index in [-0.39, 0.29) is 28.8 Å². The van der Waals surface area contributed by atoms with Gasteiger partial charge in [-0.25, -0.2) is 0 Å². The highest BCUT2D eigenvalue weighted by Gasteiger charge is 2.36. The minimum atomic E-state index is -0.378. The minimum Gasteiger partial charge on any atom is -1.00 e. The number of hydrogen-bond acceptors (Lipinski definition) is 3.